The molecule has 2 aromatic rings. The second-order valence-corrected chi connectivity index (χ2v) is 6.63. The SMILES string of the molecule is CCCOc1ccc(Br)cc1CNCCc1ccc(OC)c(OC)c1. The van der Waals surface area contributed by atoms with Crippen molar-refractivity contribution in [2.24, 2.45) is 0 Å². The summed E-state index contributed by atoms with van der Waals surface area (Å²) in [5.41, 5.74) is 2.37. The Hall–Kier alpha value is -1.72. The van der Waals surface area contributed by atoms with Gasteiger partial charge in [0.05, 0.1) is 20.8 Å². The maximum Gasteiger partial charge on any atom is 0.160 e. The summed E-state index contributed by atoms with van der Waals surface area (Å²) in [7, 11) is 3.31. The highest BCUT2D eigenvalue weighted by atomic mass is 79.9. The quantitative estimate of drug-likeness (QED) is 0.584. The zero-order valence-corrected chi connectivity index (χ0v) is 16.7. The van der Waals surface area contributed by atoms with Gasteiger partial charge in [0.1, 0.15) is 5.75 Å². The van der Waals surface area contributed by atoms with Gasteiger partial charge >= 0.3 is 0 Å². The van der Waals surface area contributed by atoms with Gasteiger partial charge in [-0.3, -0.25) is 0 Å². The van der Waals surface area contributed by atoms with E-state index in [-0.39, 0.29) is 0 Å². The molecule has 0 fully saturated rings. The zero-order valence-electron chi connectivity index (χ0n) is 15.1. The van der Waals surface area contributed by atoms with Crippen LogP contribution in [0.1, 0.15) is 24.5 Å². The molecule has 0 spiro atoms. The average Bonchev–Trinajstić information content (AvgIpc) is 2.64. The van der Waals surface area contributed by atoms with Gasteiger partial charge in [-0.2, -0.15) is 0 Å². The van der Waals surface area contributed by atoms with E-state index >= 15 is 0 Å². The molecule has 0 saturated carbocycles. The molecule has 0 aliphatic rings. The van der Waals surface area contributed by atoms with Crippen molar-refractivity contribution in [3.63, 3.8) is 0 Å². The predicted octanol–water partition coefficient (Wildman–Crippen LogP) is 4.59. The Bertz CT molecular complexity index is 676. The fraction of sp³-hybridized carbons (Fsp3) is 0.400. The maximum absolute atomic E-state index is 5.82. The number of nitrogens with one attached hydrogen (secondary N) is 1. The topological polar surface area (TPSA) is 39.7 Å². The number of hydrogen-bond acceptors (Lipinski definition) is 4. The van der Waals surface area contributed by atoms with Crippen molar-refractivity contribution in [2.45, 2.75) is 26.3 Å². The van der Waals surface area contributed by atoms with E-state index in [0.29, 0.717) is 0 Å². The molecule has 0 aliphatic heterocycles. The molecular weight excluding hydrogens is 382 g/mol. The summed E-state index contributed by atoms with van der Waals surface area (Å²) in [5, 5.41) is 3.49. The Labute approximate surface area is 158 Å². The van der Waals surface area contributed by atoms with Gasteiger partial charge in [0.2, 0.25) is 0 Å². The van der Waals surface area contributed by atoms with E-state index < -0.39 is 0 Å². The first-order valence-corrected chi connectivity index (χ1v) is 9.30. The summed E-state index contributed by atoms with van der Waals surface area (Å²) in [6.07, 6.45) is 1.92. The smallest absolute Gasteiger partial charge is 0.160 e. The molecule has 0 heterocycles. The van der Waals surface area contributed by atoms with Crippen LogP contribution in [0.2, 0.25) is 0 Å². The summed E-state index contributed by atoms with van der Waals surface area (Å²) in [4.78, 5) is 0. The summed E-state index contributed by atoms with van der Waals surface area (Å²) < 4.78 is 17.5. The third-order valence-corrected chi connectivity index (χ3v) is 4.33. The molecular formula is C20H26BrNO3. The fourth-order valence-electron chi connectivity index (χ4n) is 2.53. The number of ether oxygens (including phenoxy) is 3. The molecule has 0 amide bonds. The third kappa shape index (κ3) is 5.94. The first-order valence-electron chi connectivity index (χ1n) is 8.50. The van der Waals surface area contributed by atoms with Crippen molar-refractivity contribution in [3.8, 4) is 17.2 Å². The highest BCUT2D eigenvalue weighted by Gasteiger charge is 2.06. The van der Waals surface area contributed by atoms with Crippen molar-refractivity contribution in [1.29, 1.82) is 0 Å². The van der Waals surface area contributed by atoms with Crippen LogP contribution in [0.3, 0.4) is 0 Å². The molecule has 2 rings (SSSR count). The Kier molecular flexibility index (Phi) is 8.09. The Morgan fingerprint density at radius 2 is 1.72 bits per heavy atom. The lowest BCUT2D eigenvalue weighted by Gasteiger charge is -2.13. The van der Waals surface area contributed by atoms with Crippen LogP contribution in [-0.4, -0.2) is 27.4 Å². The average molecular weight is 408 g/mol. The molecule has 0 aromatic heterocycles. The summed E-state index contributed by atoms with van der Waals surface area (Å²) >= 11 is 3.53. The minimum Gasteiger partial charge on any atom is -0.493 e. The van der Waals surface area contributed by atoms with Gasteiger partial charge in [0, 0.05) is 16.6 Å². The van der Waals surface area contributed by atoms with Gasteiger partial charge in [-0.05, 0) is 55.3 Å². The van der Waals surface area contributed by atoms with E-state index in [4.69, 9.17) is 14.2 Å². The van der Waals surface area contributed by atoms with Gasteiger partial charge < -0.3 is 19.5 Å². The van der Waals surface area contributed by atoms with Crippen LogP contribution in [0.15, 0.2) is 40.9 Å². The van der Waals surface area contributed by atoms with Crippen LogP contribution in [-0.2, 0) is 13.0 Å². The molecule has 0 radical (unpaired) electrons. The van der Waals surface area contributed by atoms with Crippen molar-refractivity contribution in [2.75, 3.05) is 27.4 Å². The van der Waals surface area contributed by atoms with E-state index in [2.05, 4.69) is 40.3 Å². The monoisotopic (exact) mass is 407 g/mol. The molecule has 0 bridgehead atoms. The van der Waals surface area contributed by atoms with Crippen molar-refractivity contribution in [1.82, 2.24) is 5.32 Å². The Balaban J connectivity index is 1.90. The van der Waals surface area contributed by atoms with Gasteiger partial charge in [0.25, 0.3) is 0 Å². The van der Waals surface area contributed by atoms with Crippen molar-refractivity contribution < 1.29 is 14.2 Å². The van der Waals surface area contributed by atoms with Crippen LogP contribution >= 0.6 is 15.9 Å². The van der Waals surface area contributed by atoms with E-state index in [1.807, 2.05) is 24.3 Å². The number of methoxy groups -OCH3 is 2. The lowest BCUT2D eigenvalue weighted by Crippen LogP contribution is -2.17. The van der Waals surface area contributed by atoms with Crippen molar-refractivity contribution in [3.05, 3.63) is 52.0 Å². The molecule has 1 N–H and O–H groups in total. The largest absolute Gasteiger partial charge is 0.493 e. The Morgan fingerprint density at radius 3 is 2.44 bits per heavy atom. The van der Waals surface area contributed by atoms with E-state index in [1.54, 1.807) is 14.2 Å². The molecule has 5 heteroatoms. The summed E-state index contributed by atoms with van der Waals surface area (Å²) in [6, 6.07) is 12.2. The number of rotatable bonds is 10. The molecule has 0 saturated heterocycles. The minimum atomic E-state index is 0.736. The number of benzene rings is 2. The normalized spacial score (nSPS) is 10.6. The zero-order chi connectivity index (χ0) is 18.1. The lowest BCUT2D eigenvalue weighted by molar-refractivity contribution is 0.313. The highest BCUT2D eigenvalue weighted by molar-refractivity contribution is 9.10. The highest BCUT2D eigenvalue weighted by Crippen LogP contribution is 2.27. The molecule has 136 valence electrons. The second-order valence-electron chi connectivity index (χ2n) is 5.72. The maximum atomic E-state index is 5.82. The third-order valence-electron chi connectivity index (χ3n) is 3.84. The van der Waals surface area contributed by atoms with E-state index in [0.717, 1.165) is 59.8 Å². The van der Waals surface area contributed by atoms with Gasteiger partial charge in [-0.25, -0.2) is 0 Å². The van der Waals surface area contributed by atoms with E-state index in [1.165, 1.54) is 5.56 Å². The molecule has 0 aliphatic carbocycles. The number of hydrogen-bond donors (Lipinski definition) is 1. The molecule has 2 aromatic carbocycles. The van der Waals surface area contributed by atoms with Crippen LogP contribution in [0.4, 0.5) is 0 Å². The Morgan fingerprint density at radius 1 is 0.960 bits per heavy atom. The molecule has 0 unspecified atom stereocenters. The van der Waals surface area contributed by atoms with Gasteiger partial charge in [-0.15, -0.1) is 0 Å². The predicted molar refractivity (Wildman–Crippen MR) is 105 cm³/mol. The fourth-order valence-corrected chi connectivity index (χ4v) is 2.94. The van der Waals surface area contributed by atoms with Crippen molar-refractivity contribution >= 4 is 15.9 Å². The van der Waals surface area contributed by atoms with Crippen LogP contribution < -0.4 is 19.5 Å². The van der Waals surface area contributed by atoms with Crippen LogP contribution in [0.25, 0.3) is 0 Å². The minimum absolute atomic E-state index is 0.736. The first kappa shape index (κ1) is 19.6. The molecule has 25 heavy (non-hydrogen) atoms. The first-order chi connectivity index (χ1) is 12.2. The second kappa shape index (κ2) is 10.3. The summed E-state index contributed by atoms with van der Waals surface area (Å²) in [6.45, 7) is 4.49. The number of halogens is 1. The van der Waals surface area contributed by atoms with Crippen LogP contribution in [0, 0.1) is 0 Å². The molecule has 0 atom stereocenters. The van der Waals surface area contributed by atoms with Crippen LogP contribution in [0.5, 0.6) is 17.2 Å². The van der Waals surface area contributed by atoms with Gasteiger partial charge in [-0.1, -0.05) is 28.9 Å². The van der Waals surface area contributed by atoms with Gasteiger partial charge in [0.15, 0.2) is 11.5 Å². The van der Waals surface area contributed by atoms with E-state index in [9.17, 15) is 0 Å². The lowest BCUT2D eigenvalue weighted by atomic mass is 10.1. The summed E-state index contributed by atoms with van der Waals surface area (Å²) in [5.74, 6) is 2.47. The molecule has 4 nitrogen and oxygen atoms in total. The standard InChI is InChI=1S/C20H26BrNO3/c1-4-11-25-18-8-6-17(21)13-16(18)14-22-10-9-15-5-7-19(23-2)20(12-15)24-3/h5-8,12-13,22H,4,9-11,14H2,1-3H3.